The monoisotopic (exact) mass is 329 g/mol. The number of amides is 1. The van der Waals surface area contributed by atoms with Crippen LogP contribution in [0.2, 0.25) is 0 Å². The van der Waals surface area contributed by atoms with Gasteiger partial charge in [0.05, 0.1) is 6.33 Å². The van der Waals surface area contributed by atoms with Crippen LogP contribution in [0.3, 0.4) is 0 Å². The molecule has 3 N–H and O–H groups in total. The van der Waals surface area contributed by atoms with E-state index in [0.29, 0.717) is 24.0 Å². The highest BCUT2D eigenvalue weighted by molar-refractivity contribution is 5.94. The molecule has 0 radical (unpaired) electrons. The summed E-state index contributed by atoms with van der Waals surface area (Å²) in [6, 6.07) is 7.19. The molecule has 0 heterocycles. The van der Waals surface area contributed by atoms with Crippen molar-refractivity contribution in [2.75, 3.05) is 25.0 Å². The van der Waals surface area contributed by atoms with E-state index in [0.717, 1.165) is 5.69 Å². The normalized spacial score (nSPS) is 11.6. The Labute approximate surface area is 138 Å². The average molecular weight is 330 g/mol. The zero-order chi connectivity index (χ0) is 16.0. The third kappa shape index (κ3) is 6.45. The third-order valence-corrected chi connectivity index (χ3v) is 2.92. The Bertz CT molecular complexity index is 509. The average Bonchev–Trinajstić information content (AvgIpc) is 2.42. The Hall–Kier alpha value is -1.59. The Morgan fingerprint density at radius 1 is 1.32 bits per heavy atom. The number of carbonyl (C=O) groups is 1. The van der Waals surface area contributed by atoms with Crippen LogP contribution in [0.15, 0.2) is 36.2 Å². The minimum atomic E-state index is -0.269. The van der Waals surface area contributed by atoms with Crippen LogP contribution in [0, 0.1) is 0 Å². The zero-order valence-electron chi connectivity index (χ0n) is 13.5. The van der Waals surface area contributed by atoms with Gasteiger partial charge in [-0.25, -0.2) is 4.39 Å². The van der Waals surface area contributed by atoms with Crippen LogP contribution in [-0.4, -0.2) is 31.6 Å². The highest BCUT2D eigenvalue weighted by atomic mass is 35.5. The van der Waals surface area contributed by atoms with Crippen LogP contribution >= 0.6 is 12.4 Å². The topological polar surface area (TPSA) is 58.4 Å². The number of nitrogens with zero attached hydrogens (tertiary/aromatic N) is 1. The molecule has 0 saturated carbocycles. The molecule has 0 aliphatic heterocycles. The molecule has 4 nitrogen and oxygen atoms in total. The largest absolute Gasteiger partial charge is 0.370 e. The summed E-state index contributed by atoms with van der Waals surface area (Å²) in [5.41, 5.74) is 7.19. The van der Waals surface area contributed by atoms with E-state index < -0.39 is 0 Å². The number of anilines is 1. The van der Waals surface area contributed by atoms with Crippen molar-refractivity contribution >= 4 is 24.0 Å². The summed E-state index contributed by atoms with van der Waals surface area (Å²) in [6.07, 6.45) is 0.543. The molecule has 0 fully saturated rings. The van der Waals surface area contributed by atoms with Crippen LogP contribution < -0.4 is 16.0 Å². The summed E-state index contributed by atoms with van der Waals surface area (Å²) >= 11 is 0. The van der Waals surface area contributed by atoms with Crippen molar-refractivity contribution in [2.24, 2.45) is 5.73 Å². The van der Waals surface area contributed by atoms with E-state index in [2.05, 4.69) is 5.32 Å². The van der Waals surface area contributed by atoms with E-state index in [9.17, 15) is 9.18 Å². The summed E-state index contributed by atoms with van der Waals surface area (Å²) in [5, 5.41) is 2.91. The van der Waals surface area contributed by atoms with E-state index in [4.69, 9.17) is 5.73 Å². The first-order chi connectivity index (χ1) is 9.76. The zero-order valence-corrected chi connectivity index (χ0v) is 14.3. The van der Waals surface area contributed by atoms with Crippen LogP contribution in [-0.2, 0) is 0 Å². The lowest BCUT2D eigenvalue weighted by atomic mass is 10.1. The number of halogens is 2. The summed E-state index contributed by atoms with van der Waals surface area (Å²) in [7, 11) is 1.85. The van der Waals surface area contributed by atoms with Gasteiger partial charge in [0.1, 0.15) is 0 Å². The lowest BCUT2D eigenvalue weighted by Crippen LogP contribution is -2.40. The molecule has 124 valence electrons. The first kappa shape index (κ1) is 20.4. The summed E-state index contributed by atoms with van der Waals surface area (Å²) in [6.45, 7) is 6.41. The van der Waals surface area contributed by atoms with Crippen molar-refractivity contribution in [2.45, 2.75) is 26.3 Å². The number of nitrogens with one attached hydrogen (secondary N) is 1. The minimum Gasteiger partial charge on any atom is -0.370 e. The van der Waals surface area contributed by atoms with Gasteiger partial charge in [0.25, 0.3) is 5.91 Å². The maximum Gasteiger partial charge on any atom is 0.251 e. The maximum absolute atomic E-state index is 12.5. The lowest BCUT2D eigenvalue weighted by molar-refractivity contribution is 0.0919. The molecule has 1 rings (SSSR count). The SMILES string of the molecule is CN(C/C(=C/F)CN)c1ccc(C(=O)NC(C)(C)C)cc1.Cl. The van der Waals surface area contributed by atoms with Crippen molar-refractivity contribution in [3.05, 3.63) is 41.7 Å². The van der Waals surface area contributed by atoms with E-state index >= 15 is 0 Å². The van der Waals surface area contributed by atoms with Gasteiger partial charge in [-0.05, 0) is 50.6 Å². The van der Waals surface area contributed by atoms with Crippen molar-refractivity contribution in [3.8, 4) is 0 Å². The van der Waals surface area contributed by atoms with Gasteiger partial charge in [-0.1, -0.05) is 0 Å². The molecule has 1 amide bonds. The quantitative estimate of drug-likeness (QED) is 0.873. The van der Waals surface area contributed by atoms with E-state index in [-0.39, 0.29) is 30.4 Å². The molecule has 0 aliphatic rings. The number of nitrogens with two attached hydrogens (primary N) is 1. The third-order valence-electron chi connectivity index (χ3n) is 2.92. The van der Waals surface area contributed by atoms with Crippen molar-refractivity contribution in [1.29, 1.82) is 0 Å². The predicted octanol–water partition coefficient (Wildman–Crippen LogP) is 2.89. The predicted molar refractivity (Wildman–Crippen MR) is 92.4 cm³/mol. The van der Waals surface area contributed by atoms with Crippen molar-refractivity contribution in [3.63, 3.8) is 0 Å². The standard InChI is InChI=1S/C16H24FN3O.ClH/c1-16(2,3)19-15(21)13-5-7-14(8-6-13)20(4)11-12(9-17)10-18;/h5-9H,10-11,18H2,1-4H3,(H,19,21);1H/b12-9+;. The van der Waals surface area contributed by atoms with Crippen LogP contribution in [0.4, 0.5) is 10.1 Å². The molecular weight excluding hydrogens is 305 g/mol. The molecule has 1 aromatic rings. The number of carbonyl (C=O) groups excluding carboxylic acids is 1. The lowest BCUT2D eigenvalue weighted by Gasteiger charge is -2.22. The molecule has 0 bridgehead atoms. The molecule has 0 aliphatic carbocycles. The Kier molecular flexibility index (Phi) is 8.12. The van der Waals surface area contributed by atoms with Gasteiger partial charge < -0.3 is 16.0 Å². The fourth-order valence-electron chi connectivity index (χ4n) is 1.82. The fourth-order valence-corrected chi connectivity index (χ4v) is 1.82. The summed E-state index contributed by atoms with van der Waals surface area (Å²) < 4.78 is 12.5. The number of hydrogen-bond acceptors (Lipinski definition) is 3. The van der Waals surface area contributed by atoms with Crippen LogP contribution in [0.25, 0.3) is 0 Å². The van der Waals surface area contributed by atoms with Crippen LogP contribution in [0.5, 0.6) is 0 Å². The van der Waals surface area contributed by atoms with E-state index in [1.807, 2.05) is 44.9 Å². The Balaban J connectivity index is 0.00000441. The Morgan fingerprint density at radius 2 is 1.86 bits per heavy atom. The van der Waals surface area contributed by atoms with Gasteiger partial charge in [-0.2, -0.15) is 0 Å². The number of rotatable bonds is 5. The van der Waals surface area contributed by atoms with Gasteiger partial charge in [0.15, 0.2) is 0 Å². The molecule has 22 heavy (non-hydrogen) atoms. The smallest absolute Gasteiger partial charge is 0.251 e. The number of hydrogen-bond donors (Lipinski definition) is 2. The number of benzene rings is 1. The first-order valence-corrected chi connectivity index (χ1v) is 6.88. The van der Waals surface area contributed by atoms with Gasteiger partial charge in [0.2, 0.25) is 0 Å². The molecule has 0 atom stereocenters. The molecular formula is C16H25ClFN3O. The van der Waals surface area contributed by atoms with Crippen molar-refractivity contribution in [1.82, 2.24) is 5.32 Å². The van der Waals surface area contributed by atoms with Crippen molar-refractivity contribution < 1.29 is 9.18 Å². The Morgan fingerprint density at radius 3 is 2.27 bits per heavy atom. The molecule has 0 unspecified atom stereocenters. The fraction of sp³-hybridized carbons (Fsp3) is 0.438. The second-order valence-electron chi connectivity index (χ2n) is 6.08. The van der Waals surface area contributed by atoms with Gasteiger partial charge in [-0.3, -0.25) is 4.79 Å². The summed E-state index contributed by atoms with van der Waals surface area (Å²) in [4.78, 5) is 13.9. The highest BCUT2D eigenvalue weighted by Gasteiger charge is 2.15. The van der Waals surface area contributed by atoms with Gasteiger partial charge >= 0.3 is 0 Å². The molecule has 0 saturated heterocycles. The second-order valence-corrected chi connectivity index (χ2v) is 6.08. The number of likely N-dealkylation sites (N-methyl/N-ethyl adjacent to an activating group) is 1. The first-order valence-electron chi connectivity index (χ1n) is 6.88. The van der Waals surface area contributed by atoms with E-state index in [1.54, 1.807) is 12.1 Å². The van der Waals surface area contributed by atoms with Gasteiger partial charge in [-0.15, -0.1) is 12.4 Å². The van der Waals surface area contributed by atoms with Crippen LogP contribution in [0.1, 0.15) is 31.1 Å². The second kappa shape index (κ2) is 8.76. The molecule has 0 spiro atoms. The molecule has 1 aromatic carbocycles. The van der Waals surface area contributed by atoms with E-state index in [1.165, 1.54) is 0 Å². The minimum absolute atomic E-state index is 0. The molecule has 6 heteroatoms. The maximum atomic E-state index is 12.5. The molecule has 0 aromatic heterocycles. The van der Waals surface area contributed by atoms with Gasteiger partial charge in [0, 0.05) is 36.9 Å². The summed E-state index contributed by atoms with van der Waals surface area (Å²) in [5.74, 6) is -0.108. The highest BCUT2D eigenvalue weighted by Crippen LogP contribution is 2.15.